The van der Waals surface area contributed by atoms with Crippen LogP contribution in [0.4, 0.5) is 0 Å². The molecule has 0 nitrogen and oxygen atoms in total. The quantitative estimate of drug-likeness (QED) is 0.299. The van der Waals surface area contributed by atoms with Crippen molar-refractivity contribution in [2.75, 3.05) is 0 Å². The van der Waals surface area contributed by atoms with Gasteiger partial charge in [0.15, 0.2) is 0 Å². The van der Waals surface area contributed by atoms with E-state index in [1.165, 1.54) is 0 Å². The van der Waals surface area contributed by atoms with Gasteiger partial charge in [-0.3, -0.25) is 0 Å². The second kappa shape index (κ2) is 481. The molecule has 0 aliphatic carbocycles. The van der Waals surface area contributed by atoms with Crippen LogP contribution in [0.1, 0.15) is 0 Å². The average molecular weight is 1540 g/mol. The Balaban J connectivity index is 0. The maximum atomic E-state index is 0. The Kier molecular flexibility index (Phi) is 7240. The van der Waals surface area contributed by atoms with Crippen LogP contribution in [0.3, 0.4) is 0 Å². The van der Waals surface area contributed by atoms with Gasteiger partial charge >= 0.3 is 302 Å². The minimum atomic E-state index is 0. The molecule has 0 rings (SSSR count). The molecule has 245 valence electrons. The first kappa shape index (κ1) is 512. The van der Waals surface area contributed by atoms with E-state index in [2.05, 4.69) is 0 Å². The molecule has 0 spiro atoms. The van der Waals surface area contributed by atoms with Crippen molar-refractivity contribution in [3.63, 3.8) is 0 Å². The molecule has 0 heterocycles. The molecule has 0 unspecified atom stereocenters. The first-order valence-electron chi connectivity index (χ1n) is 0. The van der Waals surface area contributed by atoms with Crippen LogP contribution in [-0.2, 0) is 518 Å². The van der Waals surface area contributed by atoms with Crippen molar-refractivity contribution in [2.45, 2.75) is 0 Å². The summed E-state index contributed by atoms with van der Waals surface area (Å²) in [5, 5.41) is 0. The van der Waals surface area contributed by atoms with E-state index in [-0.39, 0.29) is 518 Å². The fraction of sp³-hybridized carbons (Fsp3) is 0. The summed E-state index contributed by atoms with van der Waals surface area (Å²) in [7, 11) is 0. The summed E-state index contributed by atoms with van der Waals surface area (Å²) in [5.74, 6) is 0. The van der Waals surface area contributed by atoms with Gasteiger partial charge in [0.2, 0.25) is 0 Å². The molecule has 0 bridgehead atoms. The molecule has 0 aromatic carbocycles. The minimum Gasteiger partial charge on any atom is -2.00 e. The van der Waals surface area contributed by atoms with Crippen molar-refractivity contribution in [1.29, 1.82) is 0 Å². The van der Waals surface area contributed by atoms with E-state index >= 15 is 0 Å². The molecular weight excluding hydrogens is 1540 g/mol. The van der Waals surface area contributed by atoms with E-state index in [1.807, 2.05) is 0 Å². The number of rotatable bonds is 0. The van der Waals surface area contributed by atoms with E-state index in [1.54, 1.807) is 0 Å². The van der Waals surface area contributed by atoms with Crippen LogP contribution in [0, 0.1) is 0 Å². The largest absolute Gasteiger partial charge is 3.00 e. The molecule has 0 N–H and O–H groups in total. The zero-order valence-corrected chi connectivity index (χ0v) is 44.5. The minimum absolute atomic E-state index is 0. The van der Waals surface area contributed by atoms with Crippen molar-refractivity contribution in [3.8, 4) is 0 Å². The Bertz CT molecular complexity index is 51.9. The maximum Gasteiger partial charge on any atom is 3.00 e. The molecule has 0 saturated carbocycles. The van der Waals surface area contributed by atoms with Gasteiger partial charge in [-0.1, -0.05) is 0 Å². The zero-order chi connectivity index (χ0) is 0. The Morgan fingerprint density at radius 1 is 0.0882 bits per heavy atom. The van der Waals surface area contributed by atoms with Crippen molar-refractivity contribution < 1.29 is 302 Å². The van der Waals surface area contributed by atoms with E-state index < -0.39 is 0 Å². The zero-order valence-electron chi connectivity index (χ0n) is 12.6. The van der Waals surface area contributed by atoms with Crippen molar-refractivity contribution in [2.24, 2.45) is 0 Å². The SMILES string of the molecule is [Fe+3].[Fe+3].[Fe+3].[Fe+3].[Fe+3].[Fe+3].[Fe+3].[Fe+3].[Fe+3].[Ni+2].[Ni+2].[Ni+2].[Ni+2].[Ni+2].[Ni+2].[Ni+2].[Ni+2].[Ni+2].[S-2].[S-2].[S-2].[S-2].[S-2].[S-2].[S-2].[S-2].[S-2].[S-2].[S-2].[S-2].[S-2].[S-2].[S-2].[S-2]. The van der Waals surface area contributed by atoms with Crippen LogP contribution in [0.2, 0.25) is 0 Å². The van der Waals surface area contributed by atoms with Gasteiger partial charge < -0.3 is 216 Å². The molecule has 0 saturated heterocycles. The van der Waals surface area contributed by atoms with E-state index in [4.69, 9.17) is 0 Å². The Hall–Kier alpha value is 14.7. The van der Waals surface area contributed by atoms with Gasteiger partial charge in [-0.2, -0.15) is 0 Å². The molecule has 0 fully saturated rings. The molecular formula is Fe9Ni9S16+13. The first-order chi connectivity index (χ1) is 0. The predicted octanol–water partition coefficient (Wildman–Crippen LogP) is -0.0834. The van der Waals surface area contributed by atoms with Crippen molar-refractivity contribution in [1.82, 2.24) is 0 Å². The van der Waals surface area contributed by atoms with Crippen LogP contribution >= 0.6 is 0 Å². The summed E-state index contributed by atoms with van der Waals surface area (Å²) >= 11 is 0. The van der Waals surface area contributed by atoms with E-state index in [0.29, 0.717) is 0 Å². The molecule has 0 atom stereocenters. The van der Waals surface area contributed by atoms with Gasteiger partial charge in [0.05, 0.1) is 0 Å². The van der Waals surface area contributed by atoms with Gasteiger partial charge in [0.1, 0.15) is 0 Å². The number of hydrogen-bond acceptors (Lipinski definition) is 0. The van der Waals surface area contributed by atoms with Gasteiger partial charge in [0.25, 0.3) is 0 Å². The first-order valence-corrected chi connectivity index (χ1v) is 0. The Morgan fingerprint density at radius 2 is 0.0882 bits per heavy atom. The van der Waals surface area contributed by atoms with Gasteiger partial charge in [-0.15, -0.1) is 0 Å². The maximum absolute atomic E-state index is 0. The second-order valence-corrected chi connectivity index (χ2v) is 0. The third kappa shape index (κ3) is 451. The van der Waals surface area contributed by atoms with E-state index in [9.17, 15) is 0 Å². The summed E-state index contributed by atoms with van der Waals surface area (Å²) in [6.07, 6.45) is 0. The molecule has 34 heteroatoms. The summed E-state index contributed by atoms with van der Waals surface area (Å²) in [5.41, 5.74) is 0. The van der Waals surface area contributed by atoms with Crippen LogP contribution in [-0.4, -0.2) is 0 Å². The fourth-order valence-corrected chi connectivity index (χ4v) is 0. The Labute approximate surface area is 506 Å². The molecule has 9 radical (unpaired) electrons. The normalized spacial score (nSPS) is 0. The summed E-state index contributed by atoms with van der Waals surface area (Å²) in [6.45, 7) is 0. The third-order valence-corrected chi connectivity index (χ3v) is 0. The smallest absolute Gasteiger partial charge is 2.00 e. The van der Waals surface area contributed by atoms with Crippen LogP contribution in [0.15, 0.2) is 0 Å². The molecule has 0 aliphatic rings. The molecule has 0 aliphatic heterocycles. The second-order valence-electron chi connectivity index (χ2n) is 0. The molecule has 0 amide bonds. The average Bonchev–Trinajstić information content (AvgIpc) is 0. The standard InChI is InChI=1S/9Fe.9Ni.16S/q9*+3;9*+2;16*-2. The van der Waals surface area contributed by atoms with Crippen LogP contribution < -0.4 is 0 Å². The summed E-state index contributed by atoms with van der Waals surface area (Å²) in [4.78, 5) is 0. The third-order valence-electron chi connectivity index (χ3n) is 0. The van der Waals surface area contributed by atoms with Gasteiger partial charge in [-0.25, -0.2) is 0 Å². The monoisotopic (exact) mass is 1540 g/mol. The Morgan fingerprint density at radius 3 is 0.0882 bits per heavy atom. The van der Waals surface area contributed by atoms with Gasteiger partial charge in [-0.05, 0) is 0 Å². The molecule has 0 aromatic rings. The molecule has 0 aromatic heterocycles. The van der Waals surface area contributed by atoms with Gasteiger partial charge in [0, 0.05) is 0 Å². The van der Waals surface area contributed by atoms with Crippen molar-refractivity contribution in [3.05, 3.63) is 0 Å². The topological polar surface area (TPSA) is 0 Å². The van der Waals surface area contributed by atoms with E-state index in [0.717, 1.165) is 0 Å². The molecule has 34 heavy (non-hydrogen) atoms. The fourth-order valence-electron chi connectivity index (χ4n) is 0. The summed E-state index contributed by atoms with van der Waals surface area (Å²) in [6, 6.07) is 0. The van der Waals surface area contributed by atoms with Crippen LogP contribution in [0.25, 0.3) is 0 Å². The summed E-state index contributed by atoms with van der Waals surface area (Å²) < 4.78 is 0. The van der Waals surface area contributed by atoms with Crippen LogP contribution in [0.5, 0.6) is 0 Å². The predicted molar refractivity (Wildman–Crippen MR) is 118 cm³/mol. The number of hydrogen-bond donors (Lipinski definition) is 0. The van der Waals surface area contributed by atoms with Crippen molar-refractivity contribution >= 4 is 216 Å².